The first-order chi connectivity index (χ1) is 15.0. The number of amides is 1. The molecular formula is C21H29ClN8O. The lowest BCUT2D eigenvalue weighted by Crippen LogP contribution is -2.41. The number of hydrogen-bond acceptors (Lipinski definition) is 7. The van der Waals surface area contributed by atoms with Gasteiger partial charge in [0, 0.05) is 18.8 Å². The van der Waals surface area contributed by atoms with Crippen molar-refractivity contribution in [2.24, 2.45) is 23.5 Å². The number of nitrogens with zero attached hydrogens (tertiary/aromatic N) is 5. The van der Waals surface area contributed by atoms with Crippen LogP contribution in [0, 0.1) is 17.8 Å². The van der Waals surface area contributed by atoms with Gasteiger partial charge in [0.2, 0.25) is 11.9 Å². The molecule has 0 saturated heterocycles. The van der Waals surface area contributed by atoms with Gasteiger partial charge in [0.05, 0.1) is 30.5 Å². The summed E-state index contributed by atoms with van der Waals surface area (Å²) >= 11 is 6.34. The number of anilines is 3. The van der Waals surface area contributed by atoms with Crippen molar-refractivity contribution in [1.82, 2.24) is 24.6 Å². The SMILES string of the molecule is CCN(CC)CCn1cc(Nc2ncc(Cl)c(NC3C4C=CC(C4)C3C(N)=O)n2)cn1. The van der Waals surface area contributed by atoms with Gasteiger partial charge in [-0.05, 0) is 31.3 Å². The number of primary amides is 1. The topological polar surface area (TPSA) is 114 Å². The van der Waals surface area contributed by atoms with Crippen LogP contribution in [0.5, 0.6) is 0 Å². The van der Waals surface area contributed by atoms with E-state index in [1.165, 1.54) is 0 Å². The number of carbonyl (C=O) groups excluding carboxylic acids is 1. The van der Waals surface area contributed by atoms with Crippen LogP contribution in [0.4, 0.5) is 17.5 Å². The molecule has 4 atom stereocenters. The molecule has 2 aromatic rings. The summed E-state index contributed by atoms with van der Waals surface area (Å²) in [4.78, 5) is 23.1. The summed E-state index contributed by atoms with van der Waals surface area (Å²) < 4.78 is 1.90. The number of halogens is 1. The Labute approximate surface area is 187 Å². The van der Waals surface area contributed by atoms with Crippen LogP contribution >= 0.6 is 11.6 Å². The largest absolute Gasteiger partial charge is 0.369 e. The summed E-state index contributed by atoms with van der Waals surface area (Å²) in [6.45, 7) is 8.10. The summed E-state index contributed by atoms with van der Waals surface area (Å²) in [6, 6.07) is -0.115. The fourth-order valence-electron chi connectivity index (χ4n) is 4.56. The van der Waals surface area contributed by atoms with Crippen LogP contribution in [0.3, 0.4) is 0 Å². The van der Waals surface area contributed by atoms with Crippen LogP contribution in [0.15, 0.2) is 30.7 Å². The number of rotatable bonds is 10. The molecule has 4 unspecified atom stereocenters. The number of nitrogens with two attached hydrogens (primary N) is 1. The maximum Gasteiger partial charge on any atom is 0.229 e. The standard InChI is InChI=1S/C21H29ClN8O/c1-3-29(4-2)7-8-30-12-15(10-25-30)26-21-24-11-16(22)20(28-21)27-18-14-6-5-13(9-14)17(18)19(23)31/h5-6,10-14,17-18H,3-4,7-9H2,1-2H3,(H2,23,31)(H2,24,26,27,28). The lowest BCUT2D eigenvalue weighted by Gasteiger charge is -2.27. The molecule has 2 aromatic heterocycles. The van der Waals surface area contributed by atoms with E-state index in [2.05, 4.69) is 56.6 Å². The number of nitrogens with one attached hydrogen (secondary N) is 2. The zero-order chi connectivity index (χ0) is 22.0. The lowest BCUT2D eigenvalue weighted by molar-refractivity contribution is -0.122. The highest BCUT2D eigenvalue weighted by Gasteiger charge is 2.47. The van der Waals surface area contributed by atoms with Crippen molar-refractivity contribution >= 4 is 35.0 Å². The van der Waals surface area contributed by atoms with Gasteiger partial charge < -0.3 is 21.3 Å². The van der Waals surface area contributed by atoms with Crippen molar-refractivity contribution in [2.75, 3.05) is 30.3 Å². The summed E-state index contributed by atoms with van der Waals surface area (Å²) in [5.41, 5.74) is 6.46. The summed E-state index contributed by atoms with van der Waals surface area (Å²) in [6.07, 6.45) is 10.4. The van der Waals surface area contributed by atoms with E-state index in [9.17, 15) is 4.79 Å². The summed E-state index contributed by atoms with van der Waals surface area (Å²) in [5, 5.41) is 11.3. The third-order valence-corrected chi connectivity index (χ3v) is 6.54. The molecule has 1 saturated carbocycles. The van der Waals surface area contributed by atoms with E-state index in [1.54, 1.807) is 12.4 Å². The minimum atomic E-state index is -0.296. The summed E-state index contributed by atoms with van der Waals surface area (Å²) in [5.74, 6) is 0.764. The van der Waals surface area contributed by atoms with E-state index in [0.717, 1.165) is 38.3 Å². The Morgan fingerprint density at radius 3 is 2.81 bits per heavy atom. The predicted octanol–water partition coefficient (Wildman–Crippen LogP) is 2.50. The molecule has 0 spiro atoms. The first-order valence-corrected chi connectivity index (χ1v) is 11.1. The number of carbonyl (C=O) groups is 1. The fraction of sp³-hybridized carbons (Fsp3) is 0.524. The fourth-order valence-corrected chi connectivity index (χ4v) is 4.70. The number of fused-ring (bicyclic) bond motifs is 2. The minimum Gasteiger partial charge on any atom is -0.369 e. The van der Waals surface area contributed by atoms with Crippen molar-refractivity contribution in [3.63, 3.8) is 0 Å². The van der Waals surface area contributed by atoms with E-state index in [4.69, 9.17) is 17.3 Å². The molecule has 2 bridgehead atoms. The molecule has 0 aromatic carbocycles. The zero-order valence-corrected chi connectivity index (χ0v) is 18.6. The average Bonchev–Trinajstić information content (AvgIpc) is 3.48. The van der Waals surface area contributed by atoms with Crippen molar-refractivity contribution in [3.05, 3.63) is 35.8 Å². The number of aromatic nitrogens is 4. The summed E-state index contributed by atoms with van der Waals surface area (Å²) in [7, 11) is 0. The van der Waals surface area contributed by atoms with E-state index < -0.39 is 0 Å². The van der Waals surface area contributed by atoms with E-state index >= 15 is 0 Å². The van der Waals surface area contributed by atoms with Crippen LogP contribution in [-0.2, 0) is 11.3 Å². The second-order valence-corrected chi connectivity index (χ2v) is 8.49. The van der Waals surface area contributed by atoms with Crippen molar-refractivity contribution in [2.45, 2.75) is 32.9 Å². The highest BCUT2D eigenvalue weighted by atomic mass is 35.5. The molecule has 2 heterocycles. The first kappa shape index (κ1) is 21.6. The Morgan fingerprint density at radius 1 is 1.29 bits per heavy atom. The van der Waals surface area contributed by atoms with E-state index in [1.807, 2.05) is 10.9 Å². The number of likely N-dealkylation sites (N-methyl/N-ethyl adjacent to an activating group) is 1. The molecule has 4 N–H and O–H groups in total. The maximum absolute atomic E-state index is 12.0. The minimum absolute atomic E-state index is 0.115. The van der Waals surface area contributed by atoms with Gasteiger partial charge in [-0.2, -0.15) is 10.1 Å². The van der Waals surface area contributed by atoms with Crippen LogP contribution in [-0.4, -0.2) is 56.2 Å². The third-order valence-electron chi connectivity index (χ3n) is 6.26. The van der Waals surface area contributed by atoms with Gasteiger partial charge in [-0.15, -0.1) is 0 Å². The lowest BCUT2D eigenvalue weighted by atomic mass is 9.88. The van der Waals surface area contributed by atoms with Crippen LogP contribution in [0.1, 0.15) is 20.3 Å². The molecule has 31 heavy (non-hydrogen) atoms. The normalized spacial score (nSPS) is 24.1. The molecule has 0 radical (unpaired) electrons. The van der Waals surface area contributed by atoms with Gasteiger partial charge in [0.1, 0.15) is 5.02 Å². The van der Waals surface area contributed by atoms with E-state index in [-0.39, 0.29) is 29.7 Å². The Morgan fingerprint density at radius 2 is 2.06 bits per heavy atom. The highest BCUT2D eigenvalue weighted by Crippen LogP contribution is 2.45. The van der Waals surface area contributed by atoms with Crippen LogP contribution in [0.2, 0.25) is 5.02 Å². The molecular weight excluding hydrogens is 416 g/mol. The molecule has 0 aliphatic heterocycles. The molecule has 4 rings (SSSR count). The van der Waals surface area contributed by atoms with Crippen molar-refractivity contribution in [1.29, 1.82) is 0 Å². The second kappa shape index (κ2) is 9.23. The van der Waals surface area contributed by atoms with E-state index in [0.29, 0.717) is 16.8 Å². The zero-order valence-electron chi connectivity index (χ0n) is 17.8. The van der Waals surface area contributed by atoms with Crippen molar-refractivity contribution in [3.8, 4) is 0 Å². The van der Waals surface area contributed by atoms with Gasteiger partial charge in [0.25, 0.3) is 0 Å². The quantitative estimate of drug-likeness (QED) is 0.482. The second-order valence-electron chi connectivity index (χ2n) is 8.08. The Hall–Kier alpha value is -2.65. The van der Waals surface area contributed by atoms with Gasteiger partial charge in [-0.1, -0.05) is 37.6 Å². The molecule has 1 fully saturated rings. The maximum atomic E-state index is 12.0. The van der Waals surface area contributed by atoms with Crippen molar-refractivity contribution < 1.29 is 4.79 Å². The monoisotopic (exact) mass is 444 g/mol. The van der Waals surface area contributed by atoms with Gasteiger partial charge in [0.15, 0.2) is 5.82 Å². The molecule has 10 heteroatoms. The van der Waals surface area contributed by atoms with Crippen LogP contribution in [0.25, 0.3) is 0 Å². The molecule has 2 aliphatic carbocycles. The van der Waals surface area contributed by atoms with Crippen LogP contribution < -0.4 is 16.4 Å². The van der Waals surface area contributed by atoms with Gasteiger partial charge in [-0.25, -0.2) is 4.98 Å². The Balaban J connectivity index is 1.43. The third kappa shape index (κ3) is 4.67. The molecule has 9 nitrogen and oxygen atoms in total. The predicted molar refractivity (Wildman–Crippen MR) is 121 cm³/mol. The molecule has 166 valence electrons. The molecule has 2 aliphatic rings. The Bertz CT molecular complexity index is 957. The average molecular weight is 445 g/mol. The first-order valence-electron chi connectivity index (χ1n) is 10.8. The number of hydrogen-bond donors (Lipinski definition) is 3. The number of allylic oxidation sites excluding steroid dienone is 1. The smallest absolute Gasteiger partial charge is 0.229 e. The Kier molecular flexibility index (Phi) is 6.43. The van der Waals surface area contributed by atoms with Gasteiger partial charge >= 0.3 is 0 Å². The molecule has 1 amide bonds. The highest BCUT2D eigenvalue weighted by molar-refractivity contribution is 6.32. The van der Waals surface area contributed by atoms with Gasteiger partial charge in [-0.3, -0.25) is 9.48 Å².